The molecular weight excluding hydrogens is 833 g/mol. The summed E-state index contributed by atoms with van der Waals surface area (Å²) < 4.78 is 37.0. The first kappa shape index (κ1) is 42.3. The summed E-state index contributed by atoms with van der Waals surface area (Å²) in [6.45, 7) is 18.1. The topological polar surface area (TPSA) is 59.3 Å². The number of benzene rings is 3. The Morgan fingerprint density at radius 1 is 0.789 bits per heavy atom. The quantitative estimate of drug-likeness (QED) is 0.206. The maximum absolute atomic E-state index is 14.8. The first-order valence-corrected chi connectivity index (χ1v) is 20.1. The summed E-state index contributed by atoms with van der Waals surface area (Å²) in [6.07, 6.45) is 12.5. The Morgan fingerprint density at radius 3 is 1.72 bits per heavy atom. The molecule has 1 aliphatic carbocycles. The minimum absolute atomic E-state index is 0. The molecule has 0 bridgehead atoms. The van der Waals surface area contributed by atoms with Gasteiger partial charge in [-0.1, -0.05) is 76.2 Å². The lowest BCUT2D eigenvalue weighted by molar-refractivity contribution is -0.539. The van der Waals surface area contributed by atoms with E-state index in [-0.39, 0.29) is 34.8 Å². The molecule has 2 fully saturated rings. The number of carboxylic acids is 1. The van der Waals surface area contributed by atoms with Crippen LogP contribution in [-0.2, 0) is 22.2 Å². The number of hydrogen-bond donors (Lipinski definition) is 1. The van der Waals surface area contributed by atoms with Gasteiger partial charge < -0.3 is 43.6 Å². The van der Waals surface area contributed by atoms with Gasteiger partial charge in [-0.15, -0.1) is 0 Å². The van der Waals surface area contributed by atoms with Crippen molar-refractivity contribution in [3.05, 3.63) is 136 Å². The lowest BCUT2D eigenvalue weighted by Crippen LogP contribution is -3.00. The minimum Gasteiger partial charge on any atom is -1.00 e. The smallest absolute Gasteiger partial charge is 0.341 e. The van der Waals surface area contributed by atoms with E-state index in [0.29, 0.717) is 12.1 Å². The van der Waals surface area contributed by atoms with Crippen LogP contribution >= 0.6 is 0 Å². The molecule has 3 aromatic rings. The minimum atomic E-state index is -1.29. The second kappa shape index (κ2) is 17.3. The van der Waals surface area contributed by atoms with Gasteiger partial charge in [0.1, 0.15) is 0 Å². The number of carboxylic acid groups (broad SMARTS) is 1. The molecule has 0 spiro atoms. The molecule has 7 nitrogen and oxygen atoms in total. The highest BCUT2D eigenvalue weighted by molar-refractivity contribution is 6.10. The van der Waals surface area contributed by atoms with E-state index in [0.717, 1.165) is 58.5 Å². The van der Waals surface area contributed by atoms with Gasteiger partial charge in [-0.05, 0) is 86.2 Å². The average molecular weight is 889 g/mol. The number of piperazine rings is 1. The van der Waals surface area contributed by atoms with Gasteiger partial charge in [0.2, 0.25) is 5.71 Å². The van der Waals surface area contributed by atoms with Gasteiger partial charge in [0.05, 0.1) is 13.1 Å². The van der Waals surface area contributed by atoms with E-state index < -0.39 is 30.0 Å². The van der Waals surface area contributed by atoms with Crippen LogP contribution in [0.1, 0.15) is 77.5 Å². The maximum Gasteiger partial charge on any atom is 0.341 e. The van der Waals surface area contributed by atoms with E-state index in [9.17, 15) is 13.6 Å². The fourth-order valence-electron chi connectivity index (χ4n) is 9.33. The average Bonchev–Trinajstić information content (AvgIpc) is 3.54. The van der Waals surface area contributed by atoms with Crippen LogP contribution in [0.15, 0.2) is 108 Å². The zero-order valence-corrected chi connectivity index (χ0v) is 36.2. The molecular formula is C47H55F2IN4O3. The number of ether oxygens (including phenoxy) is 1. The molecule has 0 unspecified atom stereocenters. The van der Waals surface area contributed by atoms with Gasteiger partial charge in [0.25, 0.3) is 0 Å². The lowest BCUT2D eigenvalue weighted by Gasteiger charge is -2.29. The van der Waals surface area contributed by atoms with Crippen molar-refractivity contribution in [1.82, 2.24) is 4.90 Å². The van der Waals surface area contributed by atoms with Crippen LogP contribution in [0.2, 0.25) is 0 Å². The van der Waals surface area contributed by atoms with Crippen molar-refractivity contribution < 1.29 is 52.0 Å². The second-order valence-corrected chi connectivity index (χ2v) is 16.3. The number of halogens is 3. The summed E-state index contributed by atoms with van der Waals surface area (Å²) in [7, 11) is 0. The van der Waals surface area contributed by atoms with E-state index in [2.05, 4.69) is 134 Å². The SMILES string of the molecule is CCN1C(=CC=C2CCC/C(=C\C=C3\N(CC)c4ccccc4C3(C)C)C2=[N+]2CCN(Cc3cc(F)c(OCC(=O)O)c(F)c3)CC2)C(C)(C)c2ccccc21.[I-]. The summed E-state index contributed by atoms with van der Waals surface area (Å²) in [5.41, 5.74) is 12.1. The number of anilines is 2. The Bertz CT molecular complexity index is 2050. The van der Waals surface area contributed by atoms with Crippen molar-refractivity contribution in [3.8, 4) is 5.75 Å². The van der Waals surface area contributed by atoms with E-state index in [1.165, 1.54) is 62.9 Å². The molecule has 0 atom stereocenters. The third-order valence-corrected chi connectivity index (χ3v) is 12.1. The predicted molar refractivity (Wildman–Crippen MR) is 221 cm³/mol. The van der Waals surface area contributed by atoms with Gasteiger partial charge in [-0.3, -0.25) is 4.90 Å². The molecule has 1 N–H and O–H groups in total. The first-order valence-electron chi connectivity index (χ1n) is 20.1. The van der Waals surface area contributed by atoms with Crippen LogP contribution in [0, 0.1) is 11.6 Å². The number of allylic oxidation sites excluding steroid dienone is 8. The Labute approximate surface area is 353 Å². The van der Waals surface area contributed by atoms with E-state index in [4.69, 9.17) is 9.84 Å². The van der Waals surface area contributed by atoms with E-state index in [1.54, 1.807) is 0 Å². The Balaban J connectivity index is 0.00000549. The maximum atomic E-state index is 14.8. The van der Waals surface area contributed by atoms with Crippen LogP contribution in [0.5, 0.6) is 5.75 Å². The van der Waals surface area contributed by atoms with Gasteiger partial charge >= 0.3 is 5.97 Å². The van der Waals surface area contributed by atoms with Crippen LogP contribution < -0.4 is 38.5 Å². The lowest BCUT2D eigenvalue weighted by atomic mass is 9.82. The molecule has 0 aromatic heterocycles. The summed E-state index contributed by atoms with van der Waals surface area (Å²) in [4.78, 5) is 18.0. The second-order valence-electron chi connectivity index (χ2n) is 16.3. The third kappa shape index (κ3) is 8.22. The van der Waals surface area contributed by atoms with Crippen molar-refractivity contribution in [3.63, 3.8) is 0 Å². The Morgan fingerprint density at radius 2 is 1.26 bits per heavy atom. The largest absolute Gasteiger partial charge is 1.00 e. The summed E-state index contributed by atoms with van der Waals surface area (Å²) in [5, 5.41) is 8.89. The first-order chi connectivity index (χ1) is 26.8. The molecule has 3 aromatic carbocycles. The highest BCUT2D eigenvalue weighted by Gasteiger charge is 2.40. The number of hydrogen-bond acceptors (Lipinski definition) is 5. The van der Waals surface area contributed by atoms with Crippen molar-refractivity contribution in [2.24, 2.45) is 0 Å². The molecule has 7 rings (SSSR count). The van der Waals surface area contributed by atoms with Gasteiger partial charge in [-0.2, -0.15) is 0 Å². The molecule has 302 valence electrons. The molecule has 0 radical (unpaired) electrons. The number of carbonyl (C=O) groups is 1. The van der Waals surface area contributed by atoms with Crippen LogP contribution in [0.25, 0.3) is 0 Å². The van der Waals surface area contributed by atoms with Gasteiger partial charge in [0, 0.05) is 64.4 Å². The number of aliphatic carboxylic acids is 1. The Hall–Kier alpha value is -4.29. The molecule has 1 saturated heterocycles. The normalized spacial score (nSPS) is 21.7. The molecule has 57 heavy (non-hydrogen) atoms. The monoisotopic (exact) mass is 888 g/mol. The third-order valence-electron chi connectivity index (χ3n) is 12.1. The van der Waals surface area contributed by atoms with E-state index >= 15 is 0 Å². The summed E-state index contributed by atoms with van der Waals surface area (Å²) in [5.74, 6) is -3.73. The number of rotatable bonds is 9. The van der Waals surface area contributed by atoms with Crippen molar-refractivity contribution in [2.45, 2.75) is 78.2 Å². The number of nitrogens with zero attached hydrogens (tertiary/aromatic N) is 4. The number of likely N-dealkylation sites (N-methyl/N-ethyl adjacent to an activating group) is 2. The molecule has 4 aliphatic rings. The molecule has 3 heterocycles. The van der Waals surface area contributed by atoms with E-state index in [1.807, 2.05) is 0 Å². The fraction of sp³-hybridized carbons (Fsp3) is 0.404. The van der Waals surface area contributed by atoms with Crippen LogP contribution in [0.3, 0.4) is 0 Å². The Kier molecular flexibility index (Phi) is 12.8. The van der Waals surface area contributed by atoms with Crippen LogP contribution in [-0.4, -0.2) is 72.1 Å². The molecule has 3 aliphatic heterocycles. The van der Waals surface area contributed by atoms with Gasteiger partial charge in [-0.25, -0.2) is 18.2 Å². The van der Waals surface area contributed by atoms with Crippen molar-refractivity contribution in [2.75, 3.05) is 55.7 Å². The molecule has 10 heteroatoms. The van der Waals surface area contributed by atoms with Crippen molar-refractivity contribution in [1.29, 1.82) is 0 Å². The standard InChI is InChI=1S/C47H54F2N4O3.HI/c1-7-52-39-18-11-9-16-35(39)46(3,4)41(52)22-20-33-14-13-15-34(21-23-42-47(5,6)36-17-10-12-19-40(36)53(42)8-2)44(33)51-26-24-50(25-27-51)30-32-28-37(48)45(38(49)29-32)56-31-43(54)55;/h9-12,16-23,28-29H,7-8,13-15,24-27,30-31H2,1-6H3;1H. The molecule has 1 saturated carbocycles. The number of para-hydroxylation sites is 2. The number of fused-ring (bicyclic) bond motifs is 2. The highest BCUT2D eigenvalue weighted by Crippen LogP contribution is 2.49. The highest BCUT2D eigenvalue weighted by atomic mass is 127. The van der Waals surface area contributed by atoms with Crippen molar-refractivity contribution >= 4 is 23.1 Å². The summed E-state index contributed by atoms with van der Waals surface area (Å²) >= 11 is 0. The predicted octanol–water partition coefficient (Wildman–Crippen LogP) is 6.14. The fourth-order valence-corrected chi connectivity index (χ4v) is 9.33. The zero-order chi connectivity index (χ0) is 39.8. The molecule has 0 amide bonds. The van der Waals surface area contributed by atoms with Gasteiger partial charge in [0.15, 0.2) is 37.1 Å². The summed E-state index contributed by atoms with van der Waals surface area (Å²) in [6, 6.07) is 20.0. The zero-order valence-electron chi connectivity index (χ0n) is 34.0. The van der Waals surface area contributed by atoms with Crippen LogP contribution in [0.4, 0.5) is 20.2 Å².